The van der Waals surface area contributed by atoms with Crippen molar-refractivity contribution in [2.24, 2.45) is 0 Å². The molecule has 1 aromatic heterocycles. The smallest absolute Gasteiger partial charge is 0.312 e. The third kappa shape index (κ3) is 4.43. The maximum atomic E-state index is 12.5. The standard InChI is InChI=1S/C21H21N3O4/c1-14(21(27)24(2)13-15-8-4-3-5-9-15)28-19(25)12-18-16-10-6-7-11-17(16)20(26)23-22-18/h3-11,14H,12-13H2,1-2H3,(H,23,26). The summed E-state index contributed by atoms with van der Waals surface area (Å²) < 4.78 is 5.29. The number of esters is 1. The van der Waals surface area contributed by atoms with Gasteiger partial charge in [-0.3, -0.25) is 14.4 Å². The number of carbonyl (C=O) groups is 2. The molecule has 1 amide bonds. The van der Waals surface area contributed by atoms with Crippen LogP contribution in [-0.2, 0) is 27.3 Å². The van der Waals surface area contributed by atoms with Crippen molar-refractivity contribution >= 4 is 22.6 Å². The minimum atomic E-state index is -0.921. The molecule has 0 aliphatic rings. The van der Waals surface area contributed by atoms with E-state index in [1.807, 2.05) is 30.3 Å². The van der Waals surface area contributed by atoms with E-state index in [0.29, 0.717) is 23.0 Å². The molecule has 3 aromatic rings. The van der Waals surface area contributed by atoms with Crippen LogP contribution in [0, 0.1) is 0 Å². The molecule has 1 unspecified atom stereocenters. The van der Waals surface area contributed by atoms with Crippen molar-refractivity contribution in [2.75, 3.05) is 7.05 Å². The number of aromatic nitrogens is 2. The first kappa shape index (κ1) is 19.3. The molecule has 7 heteroatoms. The summed E-state index contributed by atoms with van der Waals surface area (Å²) in [4.78, 5) is 38.1. The van der Waals surface area contributed by atoms with Gasteiger partial charge in [0.25, 0.3) is 11.5 Å². The Labute approximate surface area is 161 Å². The molecule has 1 atom stereocenters. The monoisotopic (exact) mass is 379 g/mol. The van der Waals surface area contributed by atoms with Crippen LogP contribution < -0.4 is 5.56 Å². The molecule has 0 spiro atoms. The van der Waals surface area contributed by atoms with Crippen LogP contribution in [0.3, 0.4) is 0 Å². The number of benzene rings is 2. The third-order valence-corrected chi connectivity index (χ3v) is 4.38. The number of H-pyrrole nitrogens is 1. The van der Waals surface area contributed by atoms with E-state index in [1.54, 1.807) is 38.2 Å². The number of aromatic amines is 1. The summed E-state index contributed by atoms with van der Waals surface area (Å²) in [5, 5.41) is 7.37. The maximum absolute atomic E-state index is 12.5. The Morgan fingerprint density at radius 3 is 2.43 bits per heavy atom. The van der Waals surface area contributed by atoms with Gasteiger partial charge in [-0.05, 0) is 18.6 Å². The first-order valence-electron chi connectivity index (χ1n) is 8.90. The molecule has 1 heterocycles. The van der Waals surface area contributed by atoms with Gasteiger partial charge in [0.05, 0.1) is 17.5 Å². The highest BCUT2D eigenvalue weighted by Crippen LogP contribution is 2.14. The molecule has 3 rings (SSSR count). The second-order valence-electron chi connectivity index (χ2n) is 6.53. The molecular formula is C21H21N3O4. The summed E-state index contributed by atoms with van der Waals surface area (Å²) in [5.41, 5.74) is 1.07. The zero-order valence-corrected chi connectivity index (χ0v) is 15.7. The number of nitrogens with one attached hydrogen (secondary N) is 1. The fourth-order valence-corrected chi connectivity index (χ4v) is 2.98. The highest BCUT2D eigenvalue weighted by molar-refractivity contribution is 5.88. The van der Waals surface area contributed by atoms with Gasteiger partial charge in [-0.25, -0.2) is 5.10 Å². The number of hydrogen-bond donors (Lipinski definition) is 1. The molecule has 0 fully saturated rings. The summed E-state index contributed by atoms with van der Waals surface area (Å²) in [6.07, 6.45) is -1.06. The van der Waals surface area contributed by atoms with Crippen molar-refractivity contribution in [3.63, 3.8) is 0 Å². The molecule has 0 saturated carbocycles. The third-order valence-electron chi connectivity index (χ3n) is 4.38. The van der Waals surface area contributed by atoms with E-state index < -0.39 is 12.1 Å². The van der Waals surface area contributed by atoms with Gasteiger partial charge in [-0.2, -0.15) is 5.10 Å². The van der Waals surface area contributed by atoms with Crippen LogP contribution in [0.5, 0.6) is 0 Å². The molecule has 0 radical (unpaired) electrons. The van der Waals surface area contributed by atoms with Crippen molar-refractivity contribution in [2.45, 2.75) is 26.0 Å². The second kappa shape index (κ2) is 8.47. The average Bonchev–Trinajstić information content (AvgIpc) is 2.70. The molecule has 28 heavy (non-hydrogen) atoms. The first-order valence-corrected chi connectivity index (χ1v) is 8.90. The lowest BCUT2D eigenvalue weighted by molar-refractivity contribution is -0.158. The van der Waals surface area contributed by atoms with Crippen LogP contribution in [0.15, 0.2) is 59.4 Å². The summed E-state index contributed by atoms with van der Waals surface area (Å²) in [6, 6.07) is 16.5. The van der Waals surface area contributed by atoms with E-state index in [2.05, 4.69) is 10.2 Å². The van der Waals surface area contributed by atoms with Gasteiger partial charge < -0.3 is 9.64 Å². The minimum Gasteiger partial charge on any atom is -0.452 e. The Kier molecular flexibility index (Phi) is 5.84. The van der Waals surface area contributed by atoms with Crippen molar-refractivity contribution in [1.29, 1.82) is 0 Å². The normalized spacial score (nSPS) is 11.8. The van der Waals surface area contributed by atoms with Gasteiger partial charge in [-0.1, -0.05) is 48.5 Å². The summed E-state index contributed by atoms with van der Waals surface area (Å²) in [5.74, 6) is -0.879. The average molecular weight is 379 g/mol. The molecule has 1 N–H and O–H groups in total. The summed E-state index contributed by atoms with van der Waals surface area (Å²) in [6.45, 7) is 1.97. The van der Waals surface area contributed by atoms with E-state index >= 15 is 0 Å². The Hall–Kier alpha value is -3.48. The lowest BCUT2D eigenvalue weighted by Crippen LogP contribution is -2.37. The predicted octanol–water partition coefficient (Wildman–Crippen LogP) is 2.06. The minimum absolute atomic E-state index is 0.142. The number of fused-ring (bicyclic) bond motifs is 1. The number of likely N-dealkylation sites (N-methyl/N-ethyl adjacent to an activating group) is 1. The van der Waals surface area contributed by atoms with E-state index in [9.17, 15) is 14.4 Å². The van der Waals surface area contributed by atoms with Gasteiger partial charge in [0, 0.05) is 19.0 Å². The maximum Gasteiger partial charge on any atom is 0.312 e. The molecule has 0 bridgehead atoms. The topological polar surface area (TPSA) is 92.4 Å². The number of rotatable bonds is 6. The number of nitrogens with zero attached hydrogens (tertiary/aromatic N) is 2. The largest absolute Gasteiger partial charge is 0.452 e. The Morgan fingerprint density at radius 2 is 1.71 bits per heavy atom. The SMILES string of the molecule is CC(OC(=O)Cc1n[nH]c(=O)c2ccccc12)C(=O)N(C)Cc1ccccc1. The molecule has 0 aliphatic heterocycles. The van der Waals surface area contributed by atoms with Crippen LogP contribution >= 0.6 is 0 Å². The van der Waals surface area contributed by atoms with E-state index in [-0.39, 0.29) is 17.9 Å². The lowest BCUT2D eigenvalue weighted by atomic mass is 10.1. The highest BCUT2D eigenvalue weighted by atomic mass is 16.5. The van der Waals surface area contributed by atoms with Crippen LogP contribution in [0.25, 0.3) is 10.8 Å². The molecule has 7 nitrogen and oxygen atoms in total. The Morgan fingerprint density at radius 1 is 1.07 bits per heavy atom. The molecular weight excluding hydrogens is 358 g/mol. The predicted molar refractivity (Wildman–Crippen MR) is 105 cm³/mol. The van der Waals surface area contributed by atoms with Gasteiger partial charge in [0.1, 0.15) is 0 Å². The van der Waals surface area contributed by atoms with Crippen LogP contribution in [0.1, 0.15) is 18.2 Å². The van der Waals surface area contributed by atoms with Crippen molar-refractivity contribution in [3.8, 4) is 0 Å². The van der Waals surface area contributed by atoms with Crippen molar-refractivity contribution in [1.82, 2.24) is 15.1 Å². The lowest BCUT2D eigenvalue weighted by Gasteiger charge is -2.21. The first-order chi connectivity index (χ1) is 13.5. The summed E-state index contributed by atoms with van der Waals surface area (Å²) >= 11 is 0. The summed E-state index contributed by atoms with van der Waals surface area (Å²) in [7, 11) is 1.66. The Balaban J connectivity index is 1.64. The van der Waals surface area contributed by atoms with Crippen molar-refractivity contribution in [3.05, 3.63) is 76.2 Å². The number of carbonyl (C=O) groups excluding carboxylic acids is 2. The molecule has 0 aliphatic carbocycles. The van der Waals surface area contributed by atoms with E-state index in [1.165, 1.54) is 4.90 Å². The van der Waals surface area contributed by atoms with Gasteiger partial charge in [0.2, 0.25) is 0 Å². The zero-order chi connectivity index (χ0) is 20.1. The number of ether oxygens (including phenoxy) is 1. The fourth-order valence-electron chi connectivity index (χ4n) is 2.98. The number of amides is 1. The molecule has 144 valence electrons. The quantitative estimate of drug-likeness (QED) is 0.662. The van der Waals surface area contributed by atoms with Gasteiger partial charge in [-0.15, -0.1) is 0 Å². The van der Waals surface area contributed by atoms with Crippen LogP contribution in [0.4, 0.5) is 0 Å². The van der Waals surface area contributed by atoms with Crippen LogP contribution in [0.2, 0.25) is 0 Å². The zero-order valence-electron chi connectivity index (χ0n) is 15.7. The van der Waals surface area contributed by atoms with Gasteiger partial charge in [0.15, 0.2) is 6.10 Å². The second-order valence-corrected chi connectivity index (χ2v) is 6.53. The van der Waals surface area contributed by atoms with E-state index in [0.717, 1.165) is 5.56 Å². The number of hydrogen-bond acceptors (Lipinski definition) is 5. The highest BCUT2D eigenvalue weighted by Gasteiger charge is 2.22. The van der Waals surface area contributed by atoms with Crippen LogP contribution in [-0.4, -0.2) is 40.1 Å². The van der Waals surface area contributed by atoms with E-state index in [4.69, 9.17) is 4.74 Å². The molecule has 2 aromatic carbocycles. The Bertz CT molecular complexity index is 1050. The van der Waals surface area contributed by atoms with Gasteiger partial charge >= 0.3 is 5.97 Å². The fraction of sp³-hybridized carbons (Fsp3) is 0.238. The van der Waals surface area contributed by atoms with Crippen molar-refractivity contribution < 1.29 is 14.3 Å². The molecule has 0 saturated heterocycles.